The monoisotopic (exact) mass is 408 g/mol. The maximum Gasteiger partial charge on any atom is -0.0179 e. The van der Waals surface area contributed by atoms with Gasteiger partial charge in [-0.15, -0.1) is 0 Å². The van der Waals surface area contributed by atoms with Crippen LogP contribution in [0.4, 0.5) is 0 Å². The fourth-order valence-corrected chi connectivity index (χ4v) is 4.58. The van der Waals surface area contributed by atoms with E-state index >= 15 is 0 Å². The van der Waals surface area contributed by atoms with E-state index in [1.165, 1.54) is 137 Å². The molecule has 0 aliphatic carbocycles. The van der Waals surface area contributed by atoms with Crippen molar-refractivity contribution in [3.8, 4) is 0 Å². The third-order valence-electron chi connectivity index (χ3n) is 6.61. The first-order valence-electron chi connectivity index (χ1n) is 13.3. The summed E-state index contributed by atoms with van der Waals surface area (Å²) in [6, 6.07) is 14.3. The quantitative estimate of drug-likeness (QED) is 0.215. The third-order valence-corrected chi connectivity index (χ3v) is 6.61. The molecule has 0 heteroatoms. The SMILES string of the molecule is CCCCCCCCCCc1ccc2ccc(CCCCCCCCCC)cc2c1. The molecule has 2 aromatic rings. The second kappa shape index (κ2) is 16.4. The molecular formula is C30H48. The van der Waals surface area contributed by atoms with Gasteiger partial charge in [0.05, 0.1) is 0 Å². The molecule has 0 heterocycles. The lowest BCUT2D eigenvalue weighted by Crippen LogP contribution is -1.89. The molecule has 0 bridgehead atoms. The smallest absolute Gasteiger partial charge is 0.0179 e. The molecule has 0 nitrogen and oxygen atoms in total. The van der Waals surface area contributed by atoms with Gasteiger partial charge in [0.25, 0.3) is 0 Å². The number of unbranched alkanes of at least 4 members (excludes halogenated alkanes) is 14. The van der Waals surface area contributed by atoms with Crippen LogP contribution in [0.1, 0.15) is 128 Å². The molecule has 168 valence electrons. The highest BCUT2D eigenvalue weighted by Gasteiger charge is 2.01. The molecule has 0 saturated heterocycles. The van der Waals surface area contributed by atoms with Gasteiger partial charge in [-0.3, -0.25) is 0 Å². The van der Waals surface area contributed by atoms with Gasteiger partial charge in [-0.25, -0.2) is 0 Å². The van der Waals surface area contributed by atoms with Gasteiger partial charge >= 0.3 is 0 Å². The highest BCUT2D eigenvalue weighted by molar-refractivity contribution is 5.83. The van der Waals surface area contributed by atoms with Crippen molar-refractivity contribution in [3.63, 3.8) is 0 Å². The second-order valence-electron chi connectivity index (χ2n) is 9.47. The fourth-order valence-electron chi connectivity index (χ4n) is 4.58. The van der Waals surface area contributed by atoms with E-state index in [-0.39, 0.29) is 0 Å². The Morgan fingerprint density at radius 1 is 0.400 bits per heavy atom. The molecule has 2 rings (SSSR count). The van der Waals surface area contributed by atoms with Gasteiger partial charge in [0.2, 0.25) is 0 Å². The van der Waals surface area contributed by atoms with E-state index in [9.17, 15) is 0 Å². The summed E-state index contributed by atoms with van der Waals surface area (Å²) in [5.74, 6) is 0. The van der Waals surface area contributed by atoms with E-state index in [1.807, 2.05) is 0 Å². The average molecular weight is 409 g/mol. The summed E-state index contributed by atoms with van der Waals surface area (Å²) in [4.78, 5) is 0. The molecule has 30 heavy (non-hydrogen) atoms. The van der Waals surface area contributed by atoms with E-state index in [2.05, 4.69) is 50.2 Å². The van der Waals surface area contributed by atoms with Crippen LogP contribution >= 0.6 is 0 Å². The number of benzene rings is 2. The molecule has 0 aliphatic rings. The molecule has 0 saturated carbocycles. The summed E-state index contributed by atoms with van der Waals surface area (Å²) in [5, 5.41) is 2.85. The minimum Gasteiger partial charge on any atom is -0.0654 e. The van der Waals surface area contributed by atoms with Crippen LogP contribution in [0.25, 0.3) is 10.8 Å². The molecule has 0 spiro atoms. The zero-order valence-electron chi connectivity index (χ0n) is 20.2. The van der Waals surface area contributed by atoms with Crippen molar-refractivity contribution in [2.45, 2.75) is 129 Å². The van der Waals surface area contributed by atoms with Gasteiger partial charge in [0.15, 0.2) is 0 Å². The lowest BCUT2D eigenvalue weighted by molar-refractivity contribution is 0.575. The van der Waals surface area contributed by atoms with Crippen molar-refractivity contribution >= 4 is 10.8 Å². The maximum atomic E-state index is 2.45. The fraction of sp³-hybridized carbons (Fsp3) is 0.667. The zero-order valence-corrected chi connectivity index (χ0v) is 20.2. The lowest BCUT2D eigenvalue weighted by Gasteiger charge is -2.07. The van der Waals surface area contributed by atoms with Crippen molar-refractivity contribution in [3.05, 3.63) is 47.5 Å². The van der Waals surface area contributed by atoms with Gasteiger partial charge in [-0.1, -0.05) is 140 Å². The Kier molecular flexibility index (Phi) is 13.6. The van der Waals surface area contributed by atoms with Crippen molar-refractivity contribution in [2.24, 2.45) is 0 Å². The predicted octanol–water partition coefficient (Wildman–Crippen LogP) is 10.2. The molecule has 0 aromatic heterocycles. The van der Waals surface area contributed by atoms with E-state index in [1.54, 1.807) is 0 Å². The summed E-state index contributed by atoms with van der Waals surface area (Å²) in [5.41, 5.74) is 3.05. The third kappa shape index (κ3) is 10.6. The summed E-state index contributed by atoms with van der Waals surface area (Å²) < 4.78 is 0. The standard InChI is InChI=1S/C30H48/c1-3-5-7-9-11-13-15-17-19-27-21-23-29-24-22-28(26-30(29)25-27)20-18-16-14-12-10-8-6-4-2/h21-26H,3-20H2,1-2H3. The number of rotatable bonds is 18. The van der Waals surface area contributed by atoms with E-state index in [0.29, 0.717) is 0 Å². The lowest BCUT2D eigenvalue weighted by atomic mass is 9.98. The van der Waals surface area contributed by atoms with Crippen LogP contribution in [0.5, 0.6) is 0 Å². The topological polar surface area (TPSA) is 0 Å². The van der Waals surface area contributed by atoms with Crippen LogP contribution in [0.3, 0.4) is 0 Å². The van der Waals surface area contributed by atoms with Gasteiger partial charge in [0.1, 0.15) is 0 Å². The normalized spacial score (nSPS) is 11.4. The Bertz CT molecular complexity index is 614. The molecule has 0 radical (unpaired) electrons. The maximum absolute atomic E-state index is 2.45. The van der Waals surface area contributed by atoms with Crippen LogP contribution in [0, 0.1) is 0 Å². The molecule has 0 unspecified atom stereocenters. The molecule has 0 amide bonds. The molecule has 0 aliphatic heterocycles. The number of fused-ring (bicyclic) bond motifs is 1. The molecule has 0 atom stereocenters. The molecule has 2 aromatic carbocycles. The first-order chi connectivity index (χ1) is 14.8. The Labute approximate surface area is 187 Å². The second-order valence-corrected chi connectivity index (χ2v) is 9.47. The van der Waals surface area contributed by atoms with Crippen LogP contribution in [0.2, 0.25) is 0 Å². The number of hydrogen-bond acceptors (Lipinski definition) is 0. The first-order valence-corrected chi connectivity index (χ1v) is 13.3. The number of hydrogen-bond donors (Lipinski definition) is 0. The minimum atomic E-state index is 1.24. The summed E-state index contributed by atoms with van der Waals surface area (Å²) in [6.07, 6.45) is 24.9. The highest BCUT2D eigenvalue weighted by atomic mass is 14.1. The Hall–Kier alpha value is -1.30. The van der Waals surface area contributed by atoms with Crippen molar-refractivity contribution in [1.29, 1.82) is 0 Å². The van der Waals surface area contributed by atoms with Crippen molar-refractivity contribution in [1.82, 2.24) is 0 Å². The van der Waals surface area contributed by atoms with Crippen molar-refractivity contribution in [2.75, 3.05) is 0 Å². The summed E-state index contributed by atoms with van der Waals surface area (Å²) >= 11 is 0. The van der Waals surface area contributed by atoms with Gasteiger partial charge in [-0.05, 0) is 47.6 Å². The highest BCUT2D eigenvalue weighted by Crippen LogP contribution is 2.21. The van der Waals surface area contributed by atoms with Gasteiger partial charge in [0, 0.05) is 0 Å². The average Bonchev–Trinajstić information content (AvgIpc) is 2.77. The minimum absolute atomic E-state index is 1.24. The summed E-state index contributed by atoms with van der Waals surface area (Å²) in [7, 11) is 0. The van der Waals surface area contributed by atoms with Gasteiger partial charge < -0.3 is 0 Å². The van der Waals surface area contributed by atoms with E-state index < -0.39 is 0 Å². The largest absolute Gasteiger partial charge is 0.0654 e. The van der Waals surface area contributed by atoms with Crippen LogP contribution < -0.4 is 0 Å². The Balaban J connectivity index is 1.67. The van der Waals surface area contributed by atoms with E-state index in [0.717, 1.165) is 0 Å². The van der Waals surface area contributed by atoms with Crippen LogP contribution in [-0.2, 0) is 12.8 Å². The van der Waals surface area contributed by atoms with Gasteiger partial charge in [-0.2, -0.15) is 0 Å². The predicted molar refractivity (Wildman–Crippen MR) is 137 cm³/mol. The first kappa shape index (κ1) is 25.0. The van der Waals surface area contributed by atoms with Crippen LogP contribution in [0.15, 0.2) is 36.4 Å². The molecule has 0 fully saturated rings. The Morgan fingerprint density at radius 3 is 1.17 bits per heavy atom. The molecule has 0 N–H and O–H groups in total. The zero-order chi connectivity index (χ0) is 21.3. The molecular weight excluding hydrogens is 360 g/mol. The van der Waals surface area contributed by atoms with Crippen LogP contribution in [-0.4, -0.2) is 0 Å². The number of aryl methyl sites for hydroxylation is 2. The summed E-state index contributed by atoms with van der Waals surface area (Å²) in [6.45, 7) is 4.59. The Morgan fingerprint density at radius 2 is 0.767 bits per heavy atom. The van der Waals surface area contributed by atoms with Crippen molar-refractivity contribution < 1.29 is 0 Å². The van der Waals surface area contributed by atoms with E-state index in [4.69, 9.17) is 0 Å².